The Kier molecular flexibility index (Phi) is 6.37. The van der Waals surface area contributed by atoms with Gasteiger partial charge in [0.25, 0.3) is 0 Å². The van der Waals surface area contributed by atoms with Crippen molar-refractivity contribution in [3.05, 3.63) is 29.8 Å². The number of ether oxygens (including phenoxy) is 1. The summed E-state index contributed by atoms with van der Waals surface area (Å²) >= 11 is 0. The molecule has 0 N–H and O–H groups in total. The van der Waals surface area contributed by atoms with Gasteiger partial charge in [-0.05, 0) is 46.0 Å². The second-order valence-corrected chi connectivity index (χ2v) is 7.65. The molecule has 3 rings (SSSR count). The van der Waals surface area contributed by atoms with Gasteiger partial charge < -0.3 is 19.4 Å². The summed E-state index contributed by atoms with van der Waals surface area (Å²) in [6.45, 7) is 5.70. The van der Waals surface area contributed by atoms with Crippen LogP contribution in [0.25, 0.3) is 0 Å². The van der Waals surface area contributed by atoms with Crippen LogP contribution in [-0.2, 0) is 16.1 Å². The van der Waals surface area contributed by atoms with Gasteiger partial charge in [-0.3, -0.25) is 9.59 Å². The molecule has 2 aliphatic rings. The number of nitrogens with zero attached hydrogens (tertiary/aromatic N) is 3. The normalized spacial score (nSPS) is 21.5. The highest BCUT2D eigenvalue weighted by Gasteiger charge is 2.38. The van der Waals surface area contributed by atoms with E-state index in [1.165, 1.54) is 0 Å². The highest BCUT2D eigenvalue weighted by molar-refractivity contribution is 5.89. The van der Waals surface area contributed by atoms with E-state index in [9.17, 15) is 9.59 Å². The quantitative estimate of drug-likeness (QED) is 0.765. The Morgan fingerprint density at radius 1 is 1.26 bits per heavy atom. The molecule has 2 amide bonds. The molecule has 148 valence electrons. The van der Waals surface area contributed by atoms with Gasteiger partial charge in [-0.15, -0.1) is 0 Å². The van der Waals surface area contributed by atoms with E-state index in [1.54, 1.807) is 12.0 Å². The van der Waals surface area contributed by atoms with Gasteiger partial charge in [-0.2, -0.15) is 0 Å². The van der Waals surface area contributed by atoms with E-state index < -0.39 is 0 Å². The van der Waals surface area contributed by atoms with Crippen molar-refractivity contribution >= 4 is 11.8 Å². The molecule has 0 radical (unpaired) electrons. The molecule has 0 saturated carbocycles. The lowest BCUT2D eigenvalue weighted by atomic mass is 9.98. The van der Waals surface area contributed by atoms with E-state index in [-0.39, 0.29) is 23.8 Å². The zero-order valence-electron chi connectivity index (χ0n) is 16.7. The number of benzene rings is 1. The summed E-state index contributed by atoms with van der Waals surface area (Å²) in [5.41, 5.74) is 1.02. The van der Waals surface area contributed by atoms with Crippen LogP contribution >= 0.6 is 0 Å². The van der Waals surface area contributed by atoms with Gasteiger partial charge in [0.2, 0.25) is 11.8 Å². The van der Waals surface area contributed by atoms with E-state index in [4.69, 9.17) is 4.74 Å². The molecule has 0 spiro atoms. The molecule has 1 atom stereocenters. The molecule has 2 heterocycles. The number of methoxy groups -OCH3 is 1. The molecule has 6 heteroatoms. The van der Waals surface area contributed by atoms with Crippen LogP contribution in [-0.4, -0.2) is 72.9 Å². The van der Waals surface area contributed by atoms with Crippen molar-refractivity contribution in [2.75, 3.05) is 40.3 Å². The standard InChI is InChI=1S/C21H31N3O3/c1-4-23-14-17(13-20(23)25)21(26)24(18-9-11-22(2)12-10-18)15-16-7-5-6-8-19(16)27-3/h5-8,17-18H,4,9-15H2,1-3H3. The average molecular weight is 373 g/mol. The molecule has 2 saturated heterocycles. The maximum atomic E-state index is 13.4. The van der Waals surface area contributed by atoms with Gasteiger partial charge in [0.1, 0.15) is 5.75 Å². The van der Waals surface area contributed by atoms with E-state index in [1.807, 2.05) is 36.1 Å². The Hall–Kier alpha value is -2.08. The van der Waals surface area contributed by atoms with E-state index in [2.05, 4.69) is 11.9 Å². The molecule has 0 bridgehead atoms. The number of hydrogen-bond donors (Lipinski definition) is 0. The van der Waals surface area contributed by atoms with Gasteiger partial charge in [0, 0.05) is 37.7 Å². The van der Waals surface area contributed by atoms with Gasteiger partial charge in [-0.25, -0.2) is 0 Å². The molecule has 2 aliphatic heterocycles. The minimum atomic E-state index is -0.230. The predicted octanol–water partition coefficient (Wildman–Crippen LogP) is 1.99. The number of likely N-dealkylation sites (tertiary alicyclic amines) is 2. The number of para-hydroxylation sites is 1. The van der Waals surface area contributed by atoms with Gasteiger partial charge >= 0.3 is 0 Å². The smallest absolute Gasteiger partial charge is 0.228 e. The van der Waals surface area contributed by atoms with E-state index >= 15 is 0 Å². The van der Waals surface area contributed by atoms with Crippen molar-refractivity contribution in [1.82, 2.24) is 14.7 Å². The van der Waals surface area contributed by atoms with Crippen molar-refractivity contribution < 1.29 is 14.3 Å². The first-order valence-corrected chi connectivity index (χ1v) is 9.92. The molecule has 1 unspecified atom stereocenters. The van der Waals surface area contributed by atoms with Crippen LogP contribution in [0.5, 0.6) is 5.75 Å². The van der Waals surface area contributed by atoms with Crippen molar-refractivity contribution in [2.45, 2.75) is 38.8 Å². The number of carbonyl (C=O) groups excluding carboxylic acids is 2. The van der Waals surface area contributed by atoms with Crippen molar-refractivity contribution in [3.8, 4) is 5.75 Å². The lowest BCUT2D eigenvalue weighted by Gasteiger charge is -2.38. The summed E-state index contributed by atoms with van der Waals surface area (Å²) in [7, 11) is 3.78. The summed E-state index contributed by atoms with van der Waals surface area (Å²) < 4.78 is 5.50. The van der Waals surface area contributed by atoms with Crippen LogP contribution < -0.4 is 4.74 Å². The SMILES string of the molecule is CCN1CC(C(=O)N(Cc2ccccc2OC)C2CCN(C)CC2)CC1=O. The number of piperidine rings is 1. The van der Waals surface area contributed by atoms with Gasteiger partial charge in [0.15, 0.2) is 0 Å². The molecular weight excluding hydrogens is 342 g/mol. The number of rotatable bonds is 6. The number of carbonyl (C=O) groups is 2. The third-order valence-electron chi connectivity index (χ3n) is 5.89. The summed E-state index contributed by atoms with van der Waals surface area (Å²) in [5.74, 6) is 0.781. The molecule has 2 fully saturated rings. The minimum Gasteiger partial charge on any atom is -0.496 e. The third kappa shape index (κ3) is 4.43. The third-order valence-corrected chi connectivity index (χ3v) is 5.89. The average Bonchev–Trinajstić information content (AvgIpc) is 3.07. The van der Waals surface area contributed by atoms with Crippen molar-refractivity contribution in [1.29, 1.82) is 0 Å². The monoisotopic (exact) mass is 373 g/mol. The largest absolute Gasteiger partial charge is 0.496 e. The van der Waals surface area contributed by atoms with E-state index in [0.29, 0.717) is 26.1 Å². The first-order valence-electron chi connectivity index (χ1n) is 9.92. The Bertz CT molecular complexity index is 670. The van der Waals surface area contributed by atoms with Gasteiger partial charge in [0.05, 0.1) is 13.0 Å². The number of hydrogen-bond acceptors (Lipinski definition) is 4. The zero-order chi connectivity index (χ0) is 19.4. The minimum absolute atomic E-state index is 0.0940. The predicted molar refractivity (Wildman–Crippen MR) is 104 cm³/mol. The van der Waals surface area contributed by atoms with Crippen LogP contribution in [0.15, 0.2) is 24.3 Å². The molecule has 0 aliphatic carbocycles. The van der Waals surface area contributed by atoms with Crippen molar-refractivity contribution in [3.63, 3.8) is 0 Å². The fourth-order valence-corrected chi connectivity index (χ4v) is 4.19. The van der Waals surface area contributed by atoms with Crippen LogP contribution in [0.2, 0.25) is 0 Å². The lowest BCUT2D eigenvalue weighted by Crippen LogP contribution is -2.48. The molecule has 27 heavy (non-hydrogen) atoms. The molecule has 6 nitrogen and oxygen atoms in total. The first-order chi connectivity index (χ1) is 13.0. The number of amides is 2. The Balaban J connectivity index is 1.81. The van der Waals surface area contributed by atoms with E-state index in [0.717, 1.165) is 37.2 Å². The van der Waals surface area contributed by atoms with Crippen LogP contribution in [0.4, 0.5) is 0 Å². The second kappa shape index (κ2) is 8.74. The highest BCUT2D eigenvalue weighted by atomic mass is 16.5. The van der Waals surface area contributed by atoms with Crippen LogP contribution in [0, 0.1) is 5.92 Å². The maximum Gasteiger partial charge on any atom is 0.228 e. The maximum absolute atomic E-state index is 13.4. The summed E-state index contributed by atoms with van der Waals surface area (Å²) in [6, 6.07) is 8.09. The van der Waals surface area contributed by atoms with Gasteiger partial charge in [-0.1, -0.05) is 18.2 Å². The molecular formula is C21H31N3O3. The topological polar surface area (TPSA) is 53.1 Å². The van der Waals surface area contributed by atoms with Crippen molar-refractivity contribution in [2.24, 2.45) is 5.92 Å². The zero-order valence-corrected chi connectivity index (χ0v) is 16.7. The fourth-order valence-electron chi connectivity index (χ4n) is 4.19. The Morgan fingerprint density at radius 3 is 2.59 bits per heavy atom. The Labute approximate surface area is 162 Å². The second-order valence-electron chi connectivity index (χ2n) is 7.65. The summed E-state index contributed by atoms with van der Waals surface area (Å²) in [6.07, 6.45) is 2.27. The lowest BCUT2D eigenvalue weighted by molar-refractivity contribution is -0.139. The molecule has 1 aromatic rings. The fraction of sp³-hybridized carbons (Fsp3) is 0.619. The molecule has 0 aromatic heterocycles. The Morgan fingerprint density at radius 2 is 1.96 bits per heavy atom. The highest BCUT2D eigenvalue weighted by Crippen LogP contribution is 2.28. The summed E-state index contributed by atoms with van der Waals surface area (Å²) in [4.78, 5) is 31.7. The van der Waals surface area contributed by atoms with Crippen LogP contribution in [0.1, 0.15) is 31.7 Å². The summed E-state index contributed by atoms with van der Waals surface area (Å²) in [5, 5.41) is 0. The molecule has 1 aromatic carbocycles. The van der Waals surface area contributed by atoms with Crippen LogP contribution in [0.3, 0.4) is 0 Å². The first kappa shape index (κ1) is 19.7.